The Balaban J connectivity index is 0.000000236. The van der Waals surface area contributed by atoms with E-state index in [-0.39, 0.29) is 154 Å². The molecule has 63 heavy (non-hydrogen) atoms. The van der Waals surface area contributed by atoms with Gasteiger partial charge in [-0.15, -0.1) is 0 Å². The number of carbonyl (C=O) groups excluding carboxylic acids is 1. The molecule has 0 amide bonds. The van der Waals surface area contributed by atoms with Crippen LogP contribution in [0.2, 0.25) is 20.1 Å². The number of carbonyl (C=O) groups is 1. The van der Waals surface area contributed by atoms with Crippen LogP contribution in [0.25, 0.3) is 87.7 Å². The molecule has 0 atom stereocenters. The van der Waals surface area contributed by atoms with E-state index in [2.05, 4.69) is 30.8 Å². The van der Waals surface area contributed by atoms with Gasteiger partial charge in [0.25, 0.3) is 6.47 Å². The van der Waals surface area contributed by atoms with Crippen molar-refractivity contribution in [1.82, 2.24) is 0 Å². The zero-order valence-electron chi connectivity index (χ0n) is 34.3. The Morgan fingerprint density at radius 3 is 1.24 bits per heavy atom. The summed E-state index contributed by atoms with van der Waals surface area (Å²) < 4.78 is 44.4. The van der Waals surface area contributed by atoms with Crippen molar-refractivity contribution >= 4 is 127 Å². The number of benzene rings is 8. The van der Waals surface area contributed by atoms with Gasteiger partial charge in [-0.2, -0.15) is 0 Å². The van der Waals surface area contributed by atoms with Gasteiger partial charge in [0.1, 0.15) is 45.5 Å². The minimum Gasteiger partial charge on any atom is -1.00 e. The summed E-state index contributed by atoms with van der Waals surface area (Å²) in [5, 5.41) is 38.5. The Kier molecular flexibility index (Phi) is 18.5. The monoisotopic (exact) mass is 993 g/mol. The third-order valence-electron chi connectivity index (χ3n) is 9.59. The molecule has 0 saturated carbocycles. The summed E-state index contributed by atoms with van der Waals surface area (Å²) in [5.74, 6) is -1.52. The molecule has 0 bridgehead atoms. The fourth-order valence-corrected chi connectivity index (χ4v) is 7.88. The second-order valence-electron chi connectivity index (χ2n) is 13.1. The number of hydrogen-bond donors (Lipinski definition) is 2. The first kappa shape index (κ1) is 51.3. The second kappa shape index (κ2) is 22.7. The van der Waals surface area contributed by atoms with Gasteiger partial charge in [-0.3, -0.25) is 9.54 Å². The number of hydrogen-bond acceptors (Lipinski definition) is 8. The SMILES string of the molecule is CN=P.Clc1ccc2c(c1)oc1ccc3c(ccc4oc5cc(Cl)ccc5c43)c12.O=CO[O-].Oc1ccc2c(-c3ccc(Cl)cc3F)c(O)ccc2c1-c1ccc(Cl)cc1F.[H-].[K+].[K+]. The third kappa shape index (κ3) is 10.8. The van der Waals surface area contributed by atoms with Crippen LogP contribution in [0.5, 0.6) is 11.5 Å². The molecule has 0 radical (unpaired) electrons. The molecule has 8 aromatic carbocycles. The molecule has 10 rings (SSSR count). The normalized spacial score (nSPS) is 10.5. The van der Waals surface area contributed by atoms with Crippen molar-refractivity contribution in [1.29, 1.82) is 0 Å². The standard InChI is InChI=1S/C22H12Cl2F2O2.C22H10Cl2O2.CH4NP.CH2O3.2K.H/c23-11-1-3-15(17(25)9-11)21-13-5-8-20(28)22(14(13)6-7-19(21)27)16-4-2-12(24)10-18(16)26;23-11-1-3-15-19(9-11)25-17-7-6-14-13(21(15)17)5-8-18-22(14)16-4-2-12(24)10-20(16)26-18;1-2-3;2-1-4-3;;;/h1-10,27-28H;1-10H;3H,1H3;1,3H;;;/q;;;;2*+1;-1/p-1. The molecule has 0 saturated heterocycles. The Bertz CT molecular complexity index is 3130. The van der Waals surface area contributed by atoms with Crippen LogP contribution in [0.3, 0.4) is 0 Å². The maximum atomic E-state index is 14.5. The van der Waals surface area contributed by atoms with Crippen molar-refractivity contribution in [3.05, 3.63) is 153 Å². The van der Waals surface area contributed by atoms with Gasteiger partial charge in [-0.05, 0) is 140 Å². The summed E-state index contributed by atoms with van der Waals surface area (Å²) in [6.45, 7) is -0.181. The van der Waals surface area contributed by atoms with E-state index >= 15 is 0 Å². The van der Waals surface area contributed by atoms with Crippen LogP contribution in [0, 0.1) is 11.6 Å². The summed E-state index contributed by atoms with van der Waals surface area (Å²) >= 11 is 23.9. The van der Waals surface area contributed by atoms with Gasteiger partial charge in [0, 0.05) is 83.1 Å². The number of phenols is 2. The topological polar surface area (TPSA) is 128 Å². The van der Waals surface area contributed by atoms with E-state index in [1.165, 1.54) is 36.4 Å². The molecule has 10 aromatic rings. The average Bonchev–Trinajstić information content (AvgIpc) is 3.80. The van der Waals surface area contributed by atoms with Crippen LogP contribution in [0.4, 0.5) is 8.78 Å². The molecule has 0 aliphatic rings. The average molecular weight is 996 g/mol. The van der Waals surface area contributed by atoms with Crippen LogP contribution in [0.1, 0.15) is 1.43 Å². The number of fused-ring (bicyclic) bond motifs is 10. The molecule has 17 heteroatoms. The predicted octanol–water partition coefficient (Wildman–Crippen LogP) is 8.61. The van der Waals surface area contributed by atoms with Crippen molar-refractivity contribution in [3.63, 3.8) is 0 Å². The van der Waals surface area contributed by atoms with Crippen LogP contribution in [-0.4, -0.2) is 23.7 Å². The molecule has 0 aliphatic carbocycles. The van der Waals surface area contributed by atoms with Crippen molar-refractivity contribution in [2.45, 2.75) is 0 Å². The van der Waals surface area contributed by atoms with Gasteiger partial charge in [-0.1, -0.05) is 46.4 Å². The zero-order valence-corrected chi connectivity index (χ0v) is 43.5. The van der Waals surface area contributed by atoms with Crippen molar-refractivity contribution in [2.24, 2.45) is 4.74 Å². The summed E-state index contributed by atoms with van der Waals surface area (Å²) in [6, 6.07) is 33.8. The molecule has 2 aromatic heterocycles. The maximum Gasteiger partial charge on any atom is 1.00 e. The van der Waals surface area contributed by atoms with Crippen LogP contribution in [0.15, 0.2) is 135 Å². The number of halogens is 6. The van der Waals surface area contributed by atoms with E-state index in [1.807, 2.05) is 48.5 Å². The second-order valence-corrected chi connectivity index (χ2v) is 15.3. The van der Waals surface area contributed by atoms with E-state index in [1.54, 1.807) is 19.2 Å². The first-order valence-electron chi connectivity index (χ1n) is 17.8. The van der Waals surface area contributed by atoms with Crippen molar-refractivity contribution < 1.29 is 147 Å². The molecular weight excluding hydrogens is 967 g/mol. The predicted molar refractivity (Wildman–Crippen MR) is 242 cm³/mol. The number of aromatic hydroxyl groups is 2. The first-order chi connectivity index (χ1) is 29.4. The van der Waals surface area contributed by atoms with Crippen molar-refractivity contribution in [2.75, 3.05) is 7.05 Å². The Morgan fingerprint density at radius 1 is 0.571 bits per heavy atom. The summed E-state index contributed by atoms with van der Waals surface area (Å²) in [6.07, 6.45) is 0. The number of phenolic OH excluding ortho intramolecular Hbond substituents is 2. The van der Waals surface area contributed by atoms with Crippen molar-refractivity contribution in [3.8, 4) is 33.8 Å². The Labute approximate surface area is 466 Å². The maximum absolute atomic E-state index is 14.5. The number of rotatable bonds is 3. The molecule has 0 unspecified atom stereocenters. The number of nitrogens with zero attached hydrogens (tertiary/aromatic N) is 1. The van der Waals surface area contributed by atoms with E-state index in [4.69, 9.17) is 65.3 Å². The molecule has 2 N–H and O–H groups in total. The van der Waals surface area contributed by atoms with Gasteiger partial charge in [0.2, 0.25) is 0 Å². The largest absolute Gasteiger partial charge is 1.00 e. The molecule has 0 fully saturated rings. The fraction of sp³-hybridized carbons (Fsp3) is 0.0217. The minimum absolute atomic E-state index is 0. The molecular formula is C46H28Cl4F2K2NO7P. The smallest absolute Gasteiger partial charge is 1.00 e. The van der Waals surface area contributed by atoms with E-state index < -0.39 is 11.6 Å². The van der Waals surface area contributed by atoms with Gasteiger partial charge >= 0.3 is 103 Å². The van der Waals surface area contributed by atoms with Gasteiger partial charge in [0.05, 0.1) is 0 Å². The van der Waals surface area contributed by atoms with Gasteiger partial charge < -0.3 is 30.6 Å². The molecule has 8 nitrogen and oxygen atoms in total. The Morgan fingerprint density at radius 2 is 0.889 bits per heavy atom. The van der Waals surface area contributed by atoms with E-state index in [9.17, 15) is 19.0 Å². The minimum atomic E-state index is -0.609. The van der Waals surface area contributed by atoms with Crippen LogP contribution < -0.4 is 108 Å². The van der Waals surface area contributed by atoms with Crippen LogP contribution >= 0.6 is 55.4 Å². The molecule has 2 heterocycles. The van der Waals surface area contributed by atoms with Crippen LogP contribution in [-0.2, 0) is 9.68 Å². The molecule has 0 spiro atoms. The zero-order chi connectivity index (χ0) is 43.5. The Hall–Kier alpha value is -2.70. The molecule has 308 valence electrons. The first-order valence-corrected chi connectivity index (χ1v) is 19.8. The fourth-order valence-electron chi connectivity index (χ4n) is 7.24. The number of furan rings is 2. The van der Waals surface area contributed by atoms with E-state index in [0.29, 0.717) is 20.8 Å². The summed E-state index contributed by atoms with van der Waals surface area (Å²) in [7, 11) is 4.47. The quantitative estimate of drug-likeness (QED) is 0.0597. The molecule has 0 aliphatic heterocycles. The van der Waals surface area contributed by atoms with E-state index in [0.717, 1.165) is 66.8 Å². The summed E-state index contributed by atoms with van der Waals surface area (Å²) in [5.41, 5.74) is 4.02. The van der Waals surface area contributed by atoms with Gasteiger partial charge in [0.15, 0.2) is 0 Å². The van der Waals surface area contributed by atoms with Gasteiger partial charge in [-0.25, -0.2) is 8.78 Å². The third-order valence-corrected chi connectivity index (χ3v) is 10.5. The summed E-state index contributed by atoms with van der Waals surface area (Å²) in [4.78, 5) is 11.2.